The number of Topliss-reactive ketones (excluding diaryl/α,β-unsaturated/α-hetero) is 1. The molecule has 10 heteroatoms. The van der Waals surface area contributed by atoms with Gasteiger partial charge in [-0.1, -0.05) is 23.5 Å². The lowest BCUT2D eigenvalue weighted by Gasteiger charge is -2.29. The standard InChI is InChI=1S/C34H31F3N2O4S/c1-18-15-24-31(44-32(41)39(24)17-20-7-6-8-22(16-20)34(35,36)37)28(26(18)30(19(2)40)43-33(3,4)5)23-9-10-25-27-21(12-14-42-25)11-13-38-29(23)27/h6-11,13,15-16,30H,12,14,17H2,1-5H3/t30-/m1/s1. The maximum atomic E-state index is 13.6. The Morgan fingerprint density at radius 1 is 1.14 bits per heavy atom. The van der Waals surface area contributed by atoms with Gasteiger partial charge in [-0.3, -0.25) is 19.1 Å². The van der Waals surface area contributed by atoms with E-state index in [-0.39, 0.29) is 17.2 Å². The van der Waals surface area contributed by atoms with Crippen LogP contribution >= 0.6 is 11.3 Å². The van der Waals surface area contributed by atoms with E-state index in [0.717, 1.165) is 46.4 Å². The topological polar surface area (TPSA) is 70.4 Å². The molecule has 0 unspecified atom stereocenters. The Morgan fingerprint density at radius 2 is 1.91 bits per heavy atom. The SMILES string of the molecule is CC(=O)[C@@H](OC(C)(C)C)c1c(C)cc2c(sc(=O)n2Cc2cccc(C(F)(F)F)c2)c1-c1ccc2c3c(ccnc13)CCO2. The number of hydrogen-bond acceptors (Lipinski definition) is 6. The van der Waals surface area contributed by atoms with Crippen molar-refractivity contribution in [1.82, 2.24) is 9.55 Å². The largest absolute Gasteiger partial charge is 0.493 e. The molecule has 5 aromatic rings. The minimum absolute atomic E-state index is 0.0501. The molecule has 0 amide bonds. The van der Waals surface area contributed by atoms with Crippen molar-refractivity contribution < 1.29 is 27.4 Å². The van der Waals surface area contributed by atoms with Crippen molar-refractivity contribution >= 4 is 38.2 Å². The Labute approximate surface area is 256 Å². The minimum atomic E-state index is -4.50. The fourth-order valence-corrected chi connectivity index (χ4v) is 6.97. The molecule has 6 nitrogen and oxygen atoms in total. The van der Waals surface area contributed by atoms with Crippen molar-refractivity contribution in [3.8, 4) is 16.9 Å². The normalized spacial score (nSPS) is 14.2. The molecule has 3 heterocycles. The molecule has 6 rings (SSSR count). The zero-order chi connectivity index (χ0) is 31.6. The van der Waals surface area contributed by atoms with Crippen LogP contribution in [0, 0.1) is 6.92 Å². The minimum Gasteiger partial charge on any atom is -0.493 e. The first kappa shape index (κ1) is 30.0. The van der Waals surface area contributed by atoms with Gasteiger partial charge >= 0.3 is 11.0 Å². The lowest BCUT2D eigenvalue weighted by atomic mass is 9.88. The molecular weight excluding hydrogens is 589 g/mol. The molecule has 1 aliphatic heterocycles. The summed E-state index contributed by atoms with van der Waals surface area (Å²) in [6.07, 6.45) is -2.98. The third-order valence-corrected chi connectivity index (χ3v) is 8.76. The number of ketones is 1. The quantitative estimate of drug-likeness (QED) is 0.192. The number of halogens is 3. The number of benzene rings is 3. The average Bonchev–Trinajstić information content (AvgIpc) is 3.25. The van der Waals surface area contributed by atoms with E-state index in [1.165, 1.54) is 17.6 Å². The highest BCUT2D eigenvalue weighted by molar-refractivity contribution is 7.17. The van der Waals surface area contributed by atoms with Crippen molar-refractivity contribution in [1.29, 1.82) is 0 Å². The number of hydrogen-bond donors (Lipinski definition) is 0. The number of aryl methyl sites for hydroxylation is 1. The zero-order valence-electron chi connectivity index (χ0n) is 25.0. The average molecular weight is 621 g/mol. The van der Waals surface area contributed by atoms with E-state index in [4.69, 9.17) is 14.5 Å². The first-order valence-electron chi connectivity index (χ1n) is 14.3. The summed E-state index contributed by atoms with van der Waals surface area (Å²) < 4.78 is 54.8. The first-order valence-corrected chi connectivity index (χ1v) is 15.1. The van der Waals surface area contributed by atoms with Gasteiger partial charge in [0.05, 0.1) is 40.0 Å². The van der Waals surface area contributed by atoms with Crippen LogP contribution in [-0.4, -0.2) is 27.5 Å². The monoisotopic (exact) mass is 620 g/mol. The molecular formula is C34H31F3N2O4S. The Morgan fingerprint density at radius 3 is 2.61 bits per heavy atom. The van der Waals surface area contributed by atoms with Crippen LogP contribution in [0.2, 0.25) is 0 Å². The van der Waals surface area contributed by atoms with Gasteiger partial charge in [0.2, 0.25) is 0 Å². The predicted octanol–water partition coefficient (Wildman–Crippen LogP) is 8.03. The van der Waals surface area contributed by atoms with Gasteiger partial charge in [-0.15, -0.1) is 0 Å². The molecule has 44 heavy (non-hydrogen) atoms. The molecule has 0 fully saturated rings. The molecule has 0 spiro atoms. The van der Waals surface area contributed by atoms with Gasteiger partial charge in [0.25, 0.3) is 0 Å². The maximum Gasteiger partial charge on any atom is 0.416 e. The Balaban J connectivity index is 1.66. The van der Waals surface area contributed by atoms with Gasteiger partial charge in [-0.2, -0.15) is 13.2 Å². The van der Waals surface area contributed by atoms with Gasteiger partial charge in [-0.25, -0.2) is 0 Å². The van der Waals surface area contributed by atoms with E-state index in [1.807, 2.05) is 52.0 Å². The summed E-state index contributed by atoms with van der Waals surface area (Å²) >= 11 is 0.995. The highest BCUT2D eigenvalue weighted by Crippen LogP contribution is 2.46. The summed E-state index contributed by atoms with van der Waals surface area (Å²) in [5, 5.41) is 0.878. The van der Waals surface area contributed by atoms with Crippen LogP contribution in [-0.2, 0) is 28.7 Å². The number of aromatic nitrogens is 2. The van der Waals surface area contributed by atoms with Gasteiger partial charge in [0.15, 0.2) is 5.78 Å². The fourth-order valence-electron chi connectivity index (χ4n) is 5.93. The lowest BCUT2D eigenvalue weighted by molar-refractivity contribution is -0.139. The van der Waals surface area contributed by atoms with Crippen molar-refractivity contribution in [3.63, 3.8) is 0 Å². The smallest absolute Gasteiger partial charge is 0.416 e. The van der Waals surface area contributed by atoms with Crippen LogP contribution in [0.15, 0.2) is 59.5 Å². The molecule has 3 aromatic carbocycles. The van der Waals surface area contributed by atoms with Crippen LogP contribution in [0.3, 0.4) is 0 Å². The van der Waals surface area contributed by atoms with E-state index < -0.39 is 23.4 Å². The first-order chi connectivity index (χ1) is 20.7. The van der Waals surface area contributed by atoms with E-state index >= 15 is 0 Å². The van der Waals surface area contributed by atoms with Crippen LogP contribution in [0.1, 0.15) is 61.6 Å². The molecule has 1 aliphatic rings. The maximum absolute atomic E-state index is 13.6. The van der Waals surface area contributed by atoms with E-state index in [0.29, 0.717) is 50.3 Å². The number of nitrogens with zero attached hydrogens (tertiary/aromatic N) is 2. The highest BCUT2D eigenvalue weighted by atomic mass is 32.1. The van der Waals surface area contributed by atoms with Crippen molar-refractivity contribution in [2.24, 2.45) is 0 Å². The number of rotatable bonds is 6. The van der Waals surface area contributed by atoms with E-state index in [9.17, 15) is 22.8 Å². The number of fused-ring (bicyclic) bond motifs is 1. The second-order valence-electron chi connectivity index (χ2n) is 12.1. The summed E-state index contributed by atoms with van der Waals surface area (Å²) in [5.41, 5.74) is 3.95. The Kier molecular flexibility index (Phi) is 7.41. The molecule has 0 aliphatic carbocycles. The van der Waals surface area contributed by atoms with Gasteiger partial charge in [-0.05, 0) is 87.7 Å². The van der Waals surface area contributed by atoms with Crippen molar-refractivity contribution in [2.45, 2.75) is 65.5 Å². The molecule has 2 aromatic heterocycles. The molecule has 0 saturated heterocycles. The summed E-state index contributed by atoms with van der Waals surface area (Å²) in [7, 11) is 0. The van der Waals surface area contributed by atoms with Crippen molar-refractivity contribution in [3.05, 3.63) is 92.2 Å². The van der Waals surface area contributed by atoms with Gasteiger partial charge < -0.3 is 9.47 Å². The number of pyridine rings is 1. The third kappa shape index (κ3) is 5.41. The zero-order valence-corrected chi connectivity index (χ0v) is 25.8. The predicted molar refractivity (Wildman–Crippen MR) is 166 cm³/mol. The number of thiazole rings is 1. The summed E-state index contributed by atoms with van der Waals surface area (Å²) in [6, 6.07) is 12.6. The summed E-state index contributed by atoms with van der Waals surface area (Å²) in [4.78, 5) is 31.3. The molecule has 1 atom stereocenters. The molecule has 0 saturated carbocycles. The molecule has 228 valence electrons. The number of ether oxygens (including phenoxy) is 2. The van der Waals surface area contributed by atoms with Gasteiger partial charge in [0.1, 0.15) is 11.9 Å². The van der Waals surface area contributed by atoms with Crippen molar-refractivity contribution in [2.75, 3.05) is 6.61 Å². The van der Waals surface area contributed by atoms with Crippen LogP contribution in [0.25, 0.3) is 32.2 Å². The summed E-state index contributed by atoms with van der Waals surface area (Å²) in [5.74, 6) is 0.520. The van der Waals surface area contributed by atoms with E-state index in [2.05, 4.69) is 0 Å². The Bertz CT molecular complexity index is 1990. The molecule has 0 bridgehead atoms. The lowest BCUT2D eigenvalue weighted by Crippen LogP contribution is -2.27. The van der Waals surface area contributed by atoms with Gasteiger partial charge in [0, 0.05) is 34.7 Å². The fraction of sp³-hybridized carbons (Fsp3) is 0.324. The molecule has 0 N–H and O–H groups in total. The van der Waals surface area contributed by atoms with Crippen LogP contribution < -0.4 is 9.61 Å². The summed E-state index contributed by atoms with van der Waals surface area (Å²) in [6.45, 7) is 9.47. The highest BCUT2D eigenvalue weighted by Gasteiger charge is 2.33. The van der Waals surface area contributed by atoms with Crippen LogP contribution in [0.5, 0.6) is 5.75 Å². The molecule has 0 radical (unpaired) electrons. The third-order valence-electron chi connectivity index (χ3n) is 7.74. The second-order valence-corrected chi connectivity index (χ2v) is 13.1. The number of carbonyl (C=O) groups excluding carboxylic acids is 1. The number of alkyl halides is 3. The Hall–Kier alpha value is -4.02. The second kappa shape index (κ2) is 10.9. The van der Waals surface area contributed by atoms with Crippen LogP contribution in [0.4, 0.5) is 13.2 Å². The van der Waals surface area contributed by atoms with E-state index in [1.54, 1.807) is 12.3 Å². The number of carbonyl (C=O) groups is 1.